The first kappa shape index (κ1) is 26.5. The van der Waals surface area contributed by atoms with Crippen molar-refractivity contribution in [2.75, 3.05) is 39.0 Å². The normalized spacial score (nSPS) is 20.2. The van der Waals surface area contributed by atoms with E-state index in [4.69, 9.17) is 15.7 Å². The molecule has 0 bridgehead atoms. The second-order valence-electron chi connectivity index (χ2n) is 10.8. The summed E-state index contributed by atoms with van der Waals surface area (Å²) in [5, 5.41) is 1.94. The van der Waals surface area contributed by atoms with E-state index in [1.165, 1.54) is 0 Å². The Morgan fingerprint density at radius 3 is 2.46 bits per heavy atom. The zero-order valence-corrected chi connectivity index (χ0v) is 25.3. The number of hydrogen-bond acceptors (Lipinski definition) is 6. The molecule has 5 aromatic rings. The minimum atomic E-state index is 0. The van der Waals surface area contributed by atoms with Crippen LogP contribution >= 0.6 is 0 Å². The van der Waals surface area contributed by atoms with Crippen LogP contribution in [0.25, 0.3) is 44.3 Å². The summed E-state index contributed by atoms with van der Waals surface area (Å²) >= 11 is 0. The van der Waals surface area contributed by atoms with Gasteiger partial charge in [0.15, 0.2) is 0 Å². The Kier molecular flexibility index (Phi) is 7.27. The summed E-state index contributed by atoms with van der Waals surface area (Å²) in [4.78, 5) is 19.2. The second-order valence-corrected chi connectivity index (χ2v) is 10.8. The minimum Gasteiger partial charge on any atom is -0.383 e. The smallest absolute Gasteiger partial charge is 0.146 e. The minimum absolute atomic E-state index is 0. The average Bonchev–Trinajstić information content (AvgIpc) is 3.30. The van der Waals surface area contributed by atoms with Gasteiger partial charge in [0.05, 0.1) is 5.39 Å². The molecule has 2 fully saturated rings. The van der Waals surface area contributed by atoms with Crippen LogP contribution in [-0.2, 0) is 32.7 Å². The molecular formula is C31H32N7Y-. The summed E-state index contributed by atoms with van der Waals surface area (Å²) in [7, 11) is 2.21. The third-order valence-electron chi connectivity index (χ3n) is 8.56. The molecule has 7 rings (SSSR count). The largest absolute Gasteiger partial charge is 0.383 e. The maximum Gasteiger partial charge on any atom is 0.146 e. The number of piperazine rings is 1. The van der Waals surface area contributed by atoms with Gasteiger partial charge in [-0.25, -0.2) is 9.97 Å². The molecule has 3 aromatic heterocycles. The first-order valence-electron chi connectivity index (χ1n) is 13.5. The van der Waals surface area contributed by atoms with Crippen LogP contribution in [0.5, 0.6) is 0 Å². The Balaban J connectivity index is 0.00000277. The van der Waals surface area contributed by atoms with Crippen LogP contribution in [0.4, 0.5) is 5.82 Å². The van der Waals surface area contributed by atoms with Crippen molar-refractivity contribution in [1.82, 2.24) is 29.3 Å². The summed E-state index contributed by atoms with van der Waals surface area (Å²) in [6.07, 6.45) is 6.12. The fourth-order valence-corrected chi connectivity index (χ4v) is 6.17. The Hall–Kier alpha value is -2.71. The molecule has 195 valence electrons. The SMILES string of the molecule is Cc1c(-c2cn(C3CC(N4CCN(C)CC4)C3)c3ncnc(N)c23)ccc2[c-]cc(-c3ccccc3)nc12.[Y]. The number of nitrogens with two attached hydrogens (primary N) is 1. The van der Waals surface area contributed by atoms with Gasteiger partial charge in [0.2, 0.25) is 0 Å². The molecule has 8 heteroatoms. The van der Waals surface area contributed by atoms with Crippen molar-refractivity contribution >= 4 is 27.8 Å². The predicted molar refractivity (Wildman–Crippen MR) is 153 cm³/mol. The number of rotatable bonds is 4. The molecule has 0 atom stereocenters. The molecule has 1 aliphatic heterocycles. The summed E-state index contributed by atoms with van der Waals surface area (Å²) in [5.41, 5.74) is 13.7. The standard InChI is InChI=1S/C31H32N7.Y/c1-20-25(10-8-22-9-11-27(35-29(20)22)21-6-4-3-5-7-21)26-18-38(31-28(26)30(32)33-19-34-31)24-16-23(17-24)37-14-12-36(2)13-15-37;/h3-8,10-11,18-19,23-24H,12-17H2,1-2H3,(H2,32,33,34);/q-1;. The zero-order valence-electron chi connectivity index (χ0n) is 22.5. The molecule has 0 unspecified atom stereocenters. The van der Waals surface area contributed by atoms with Crippen molar-refractivity contribution in [3.05, 3.63) is 72.7 Å². The number of fused-ring (bicyclic) bond motifs is 2. The fourth-order valence-electron chi connectivity index (χ4n) is 6.17. The fraction of sp³-hybridized carbons (Fsp3) is 0.323. The molecule has 0 spiro atoms. The number of aromatic nitrogens is 4. The number of benzene rings is 2. The monoisotopic (exact) mass is 591 g/mol. The Labute approximate surface area is 254 Å². The molecule has 0 amide bonds. The van der Waals surface area contributed by atoms with Crippen molar-refractivity contribution < 1.29 is 32.7 Å². The van der Waals surface area contributed by atoms with Crippen LogP contribution in [0.15, 0.2) is 61.1 Å². The van der Waals surface area contributed by atoms with E-state index >= 15 is 0 Å². The number of hydrogen-bond donors (Lipinski definition) is 1. The molecule has 2 aromatic carbocycles. The average molecular weight is 592 g/mol. The number of aryl methyl sites for hydroxylation is 1. The number of nitrogens with zero attached hydrogens (tertiary/aromatic N) is 6. The van der Waals surface area contributed by atoms with Gasteiger partial charge in [0.1, 0.15) is 17.8 Å². The molecule has 7 nitrogen and oxygen atoms in total. The van der Waals surface area contributed by atoms with E-state index in [1.807, 2.05) is 24.3 Å². The van der Waals surface area contributed by atoms with Gasteiger partial charge in [0, 0.05) is 82.7 Å². The molecule has 2 aliphatic rings. The maximum absolute atomic E-state index is 6.49. The number of pyridine rings is 1. The van der Waals surface area contributed by atoms with E-state index in [0.29, 0.717) is 17.9 Å². The Bertz CT molecular complexity index is 1630. The van der Waals surface area contributed by atoms with Gasteiger partial charge >= 0.3 is 0 Å². The third kappa shape index (κ3) is 4.69. The van der Waals surface area contributed by atoms with E-state index in [-0.39, 0.29) is 32.7 Å². The molecular weight excluding hydrogens is 559 g/mol. The van der Waals surface area contributed by atoms with Crippen LogP contribution < -0.4 is 5.73 Å². The number of nitrogen functional groups attached to an aromatic ring is 1. The van der Waals surface area contributed by atoms with Gasteiger partial charge < -0.3 is 20.2 Å². The van der Waals surface area contributed by atoms with Crippen molar-refractivity contribution in [2.24, 2.45) is 0 Å². The maximum atomic E-state index is 6.49. The van der Waals surface area contributed by atoms with Crippen LogP contribution in [0.3, 0.4) is 0 Å². The zero-order chi connectivity index (χ0) is 25.8. The molecule has 4 heterocycles. The molecule has 1 saturated heterocycles. The summed E-state index contributed by atoms with van der Waals surface area (Å²) in [6.45, 7) is 6.77. The van der Waals surface area contributed by atoms with Crippen molar-refractivity contribution in [1.29, 1.82) is 0 Å². The Morgan fingerprint density at radius 2 is 1.69 bits per heavy atom. The van der Waals surface area contributed by atoms with E-state index < -0.39 is 0 Å². The molecule has 39 heavy (non-hydrogen) atoms. The van der Waals surface area contributed by atoms with Gasteiger partial charge in [-0.05, 0) is 49.2 Å². The number of anilines is 1. The van der Waals surface area contributed by atoms with E-state index in [1.54, 1.807) is 6.33 Å². The summed E-state index contributed by atoms with van der Waals surface area (Å²) < 4.78 is 2.35. The number of likely N-dealkylation sites (N-methyl/N-ethyl adjacent to an activating group) is 1. The van der Waals surface area contributed by atoms with Gasteiger partial charge in [0.25, 0.3) is 0 Å². The predicted octanol–water partition coefficient (Wildman–Crippen LogP) is 4.95. The summed E-state index contributed by atoms with van der Waals surface area (Å²) in [5.74, 6) is 0.524. The quantitative estimate of drug-likeness (QED) is 0.298. The van der Waals surface area contributed by atoms with Gasteiger partial charge in [-0.1, -0.05) is 42.0 Å². The van der Waals surface area contributed by atoms with Crippen molar-refractivity contribution in [3.8, 4) is 22.4 Å². The van der Waals surface area contributed by atoms with E-state index in [2.05, 4.69) is 69.9 Å². The third-order valence-corrected chi connectivity index (χ3v) is 8.56. The van der Waals surface area contributed by atoms with Crippen molar-refractivity contribution in [3.63, 3.8) is 0 Å². The molecule has 1 aliphatic carbocycles. The molecule has 1 saturated carbocycles. The first-order valence-corrected chi connectivity index (χ1v) is 13.5. The van der Waals surface area contributed by atoms with Crippen LogP contribution in [-0.4, -0.2) is 68.6 Å². The van der Waals surface area contributed by atoms with Gasteiger partial charge in [-0.15, -0.1) is 23.6 Å². The van der Waals surface area contributed by atoms with Crippen LogP contribution in [0, 0.1) is 13.0 Å². The van der Waals surface area contributed by atoms with E-state index in [9.17, 15) is 0 Å². The second kappa shape index (κ2) is 10.7. The molecule has 2 N–H and O–H groups in total. The molecule has 1 radical (unpaired) electrons. The van der Waals surface area contributed by atoms with Crippen LogP contribution in [0.2, 0.25) is 0 Å². The van der Waals surface area contributed by atoms with E-state index in [0.717, 1.165) is 88.9 Å². The van der Waals surface area contributed by atoms with Crippen molar-refractivity contribution in [2.45, 2.75) is 31.8 Å². The van der Waals surface area contributed by atoms with Crippen LogP contribution in [0.1, 0.15) is 24.4 Å². The van der Waals surface area contributed by atoms with Gasteiger partial charge in [-0.3, -0.25) is 4.90 Å². The first-order chi connectivity index (χ1) is 18.6. The van der Waals surface area contributed by atoms with Gasteiger partial charge in [-0.2, -0.15) is 0 Å². The topological polar surface area (TPSA) is 76.1 Å². The Morgan fingerprint density at radius 1 is 0.923 bits per heavy atom. The summed E-state index contributed by atoms with van der Waals surface area (Å²) in [6, 6.07) is 21.0.